The predicted molar refractivity (Wildman–Crippen MR) is 116 cm³/mol. The van der Waals surface area contributed by atoms with Gasteiger partial charge in [-0.05, 0) is 30.7 Å². The molecule has 0 bridgehead atoms. The summed E-state index contributed by atoms with van der Waals surface area (Å²) in [5, 5.41) is 7.84. The van der Waals surface area contributed by atoms with Crippen molar-refractivity contribution in [3.63, 3.8) is 0 Å². The minimum atomic E-state index is -0.763. The Hall–Kier alpha value is -4.14. The van der Waals surface area contributed by atoms with Gasteiger partial charge in [-0.25, -0.2) is 14.4 Å². The molecule has 9 nitrogen and oxygen atoms in total. The average Bonchev–Trinajstić information content (AvgIpc) is 2.77. The average molecular weight is 437 g/mol. The molecular formula is C23H23N3O6. The number of amides is 3. The Morgan fingerprint density at radius 3 is 2.44 bits per heavy atom. The molecule has 0 aromatic heterocycles. The van der Waals surface area contributed by atoms with Crippen LogP contribution in [0.4, 0.5) is 10.5 Å². The van der Waals surface area contributed by atoms with E-state index in [-0.39, 0.29) is 36.0 Å². The van der Waals surface area contributed by atoms with E-state index in [0.717, 1.165) is 0 Å². The van der Waals surface area contributed by atoms with Crippen molar-refractivity contribution in [2.24, 2.45) is 0 Å². The zero-order chi connectivity index (χ0) is 23.1. The summed E-state index contributed by atoms with van der Waals surface area (Å²) in [4.78, 5) is 48.8. The molecule has 9 heteroatoms. The van der Waals surface area contributed by atoms with Gasteiger partial charge in [0.2, 0.25) is 5.91 Å². The van der Waals surface area contributed by atoms with Crippen LogP contribution in [0.15, 0.2) is 65.9 Å². The van der Waals surface area contributed by atoms with Crippen molar-refractivity contribution in [2.45, 2.75) is 19.9 Å². The molecule has 32 heavy (non-hydrogen) atoms. The van der Waals surface area contributed by atoms with Gasteiger partial charge in [-0.15, -0.1) is 0 Å². The summed E-state index contributed by atoms with van der Waals surface area (Å²) in [6.45, 7) is 2.82. The van der Waals surface area contributed by atoms with Crippen molar-refractivity contribution in [2.75, 3.05) is 18.5 Å². The number of nitrogens with one attached hydrogen (secondary N) is 3. The van der Waals surface area contributed by atoms with Gasteiger partial charge in [0.05, 0.1) is 29.5 Å². The molecule has 1 atom stereocenters. The number of esters is 2. The molecule has 1 heterocycles. The number of hydrogen-bond acceptors (Lipinski definition) is 6. The van der Waals surface area contributed by atoms with E-state index in [1.54, 1.807) is 43.3 Å². The number of anilines is 1. The van der Waals surface area contributed by atoms with Gasteiger partial charge in [0.1, 0.15) is 6.61 Å². The number of urea groups is 1. The van der Waals surface area contributed by atoms with Gasteiger partial charge < -0.3 is 25.4 Å². The van der Waals surface area contributed by atoms with Gasteiger partial charge in [0.15, 0.2) is 0 Å². The van der Waals surface area contributed by atoms with Crippen LogP contribution in [0.3, 0.4) is 0 Å². The van der Waals surface area contributed by atoms with E-state index in [1.807, 2.05) is 6.07 Å². The Balaban J connectivity index is 1.87. The van der Waals surface area contributed by atoms with Crippen LogP contribution in [-0.2, 0) is 19.1 Å². The second-order valence-corrected chi connectivity index (χ2v) is 6.89. The molecule has 2 aromatic rings. The normalized spacial score (nSPS) is 15.3. The fraction of sp³-hybridized carbons (Fsp3) is 0.217. The maximum absolute atomic E-state index is 12.7. The Morgan fingerprint density at radius 1 is 1.00 bits per heavy atom. The van der Waals surface area contributed by atoms with Crippen LogP contribution in [-0.4, -0.2) is 37.1 Å². The smallest absolute Gasteiger partial charge is 0.338 e. The maximum atomic E-state index is 12.7. The zero-order valence-corrected chi connectivity index (χ0v) is 17.6. The van der Waals surface area contributed by atoms with E-state index in [2.05, 4.69) is 16.0 Å². The molecule has 3 amide bonds. The number of hydrogen-bond donors (Lipinski definition) is 3. The van der Waals surface area contributed by atoms with E-state index in [1.165, 1.54) is 19.1 Å². The molecule has 0 spiro atoms. The highest BCUT2D eigenvalue weighted by Crippen LogP contribution is 2.28. The van der Waals surface area contributed by atoms with Crippen LogP contribution < -0.4 is 16.0 Å². The van der Waals surface area contributed by atoms with E-state index in [4.69, 9.17) is 9.47 Å². The van der Waals surface area contributed by atoms with Crippen LogP contribution in [0.5, 0.6) is 0 Å². The first kappa shape index (κ1) is 22.5. The lowest BCUT2D eigenvalue weighted by Gasteiger charge is -2.29. The Bertz CT molecular complexity index is 1060. The first-order chi connectivity index (χ1) is 15.4. The summed E-state index contributed by atoms with van der Waals surface area (Å²) in [5.74, 6) is -1.59. The molecule has 0 aliphatic carbocycles. The number of benzene rings is 2. The molecule has 166 valence electrons. The lowest BCUT2D eigenvalue weighted by atomic mass is 9.95. The van der Waals surface area contributed by atoms with Gasteiger partial charge in [-0.3, -0.25) is 4.79 Å². The van der Waals surface area contributed by atoms with Gasteiger partial charge in [-0.2, -0.15) is 0 Å². The molecule has 0 unspecified atom stereocenters. The molecule has 3 rings (SSSR count). The molecule has 0 fully saturated rings. The topological polar surface area (TPSA) is 123 Å². The highest BCUT2D eigenvalue weighted by atomic mass is 16.5. The number of carbonyl (C=O) groups is 4. The molecule has 0 saturated heterocycles. The molecule has 0 radical (unpaired) electrons. The Labute approximate surface area is 184 Å². The Morgan fingerprint density at radius 2 is 1.75 bits per heavy atom. The standard InChI is InChI=1S/C23H23N3O6/c1-3-31-22(29)19-18(25-23(30)26-20(19)15-8-5-4-6-9-15)13-32-21(28)16-10-7-11-17(12-16)24-14(2)27/h4-12,20H,3,13H2,1-2H3,(H,24,27)(H2,25,26,30)/t20-/m1/s1. The van der Waals surface area contributed by atoms with Gasteiger partial charge in [-0.1, -0.05) is 36.4 Å². The largest absolute Gasteiger partial charge is 0.463 e. The fourth-order valence-corrected chi connectivity index (χ4v) is 3.23. The summed E-state index contributed by atoms with van der Waals surface area (Å²) < 4.78 is 10.5. The summed E-state index contributed by atoms with van der Waals surface area (Å²) >= 11 is 0. The van der Waals surface area contributed by atoms with Gasteiger partial charge >= 0.3 is 18.0 Å². The third-order valence-corrected chi connectivity index (χ3v) is 4.55. The second kappa shape index (κ2) is 10.3. The van der Waals surface area contributed by atoms with Crippen LogP contribution in [0.25, 0.3) is 0 Å². The first-order valence-corrected chi connectivity index (χ1v) is 9.96. The van der Waals surface area contributed by atoms with E-state index in [9.17, 15) is 19.2 Å². The van der Waals surface area contributed by atoms with Crippen molar-refractivity contribution in [1.29, 1.82) is 0 Å². The zero-order valence-electron chi connectivity index (χ0n) is 17.6. The maximum Gasteiger partial charge on any atom is 0.338 e. The highest BCUT2D eigenvalue weighted by Gasteiger charge is 2.34. The van der Waals surface area contributed by atoms with Gasteiger partial charge in [0.25, 0.3) is 0 Å². The fourth-order valence-electron chi connectivity index (χ4n) is 3.23. The lowest BCUT2D eigenvalue weighted by molar-refractivity contribution is -0.139. The number of carbonyl (C=O) groups excluding carboxylic acids is 4. The first-order valence-electron chi connectivity index (χ1n) is 9.96. The predicted octanol–water partition coefficient (Wildman–Crippen LogP) is 2.67. The molecule has 3 N–H and O–H groups in total. The molecule has 0 saturated carbocycles. The molecule has 1 aliphatic heterocycles. The Kier molecular flexibility index (Phi) is 7.22. The van der Waals surface area contributed by atoms with Crippen molar-refractivity contribution < 1.29 is 28.7 Å². The minimum absolute atomic E-state index is 0.132. The van der Waals surface area contributed by atoms with E-state index in [0.29, 0.717) is 11.3 Å². The van der Waals surface area contributed by atoms with Crippen molar-refractivity contribution >= 4 is 29.6 Å². The van der Waals surface area contributed by atoms with Crippen LogP contribution in [0.2, 0.25) is 0 Å². The second-order valence-electron chi connectivity index (χ2n) is 6.89. The summed E-state index contributed by atoms with van der Waals surface area (Å²) in [7, 11) is 0. The molecular weight excluding hydrogens is 414 g/mol. The summed E-state index contributed by atoms with van der Waals surface area (Å²) in [6, 6.07) is 13.9. The van der Waals surface area contributed by atoms with Crippen molar-refractivity contribution in [3.8, 4) is 0 Å². The van der Waals surface area contributed by atoms with Gasteiger partial charge in [0, 0.05) is 12.6 Å². The summed E-state index contributed by atoms with van der Waals surface area (Å²) in [5.41, 5.74) is 1.61. The highest BCUT2D eigenvalue weighted by molar-refractivity contribution is 5.96. The summed E-state index contributed by atoms with van der Waals surface area (Å²) in [6.07, 6.45) is 0. The van der Waals surface area contributed by atoms with Crippen LogP contribution in [0.1, 0.15) is 35.8 Å². The van der Waals surface area contributed by atoms with Crippen molar-refractivity contribution in [3.05, 3.63) is 77.0 Å². The van der Waals surface area contributed by atoms with Crippen LogP contribution in [0, 0.1) is 0 Å². The third-order valence-electron chi connectivity index (χ3n) is 4.55. The SMILES string of the molecule is CCOC(=O)C1=C(COC(=O)c2cccc(NC(C)=O)c2)NC(=O)N[C@@H]1c1ccccc1. The number of ether oxygens (including phenoxy) is 2. The lowest BCUT2D eigenvalue weighted by Crippen LogP contribution is -2.47. The van der Waals surface area contributed by atoms with Crippen LogP contribution >= 0.6 is 0 Å². The monoisotopic (exact) mass is 437 g/mol. The van der Waals surface area contributed by atoms with E-state index < -0.39 is 24.0 Å². The minimum Gasteiger partial charge on any atom is -0.463 e. The molecule has 2 aromatic carbocycles. The number of rotatable bonds is 7. The van der Waals surface area contributed by atoms with Crippen molar-refractivity contribution in [1.82, 2.24) is 10.6 Å². The third kappa shape index (κ3) is 5.51. The quantitative estimate of drug-likeness (QED) is 0.573. The molecule has 1 aliphatic rings. The van der Waals surface area contributed by atoms with E-state index >= 15 is 0 Å².